The summed E-state index contributed by atoms with van der Waals surface area (Å²) in [4.78, 5) is 2.32. The number of para-hydroxylation sites is 3. The first-order valence-corrected chi connectivity index (χ1v) is 19.8. The van der Waals surface area contributed by atoms with Crippen LogP contribution in [0.25, 0.3) is 61.1 Å². The predicted octanol–water partition coefficient (Wildman–Crippen LogP) is 14.6. The van der Waals surface area contributed by atoms with Crippen molar-refractivity contribution in [3.63, 3.8) is 0 Å². The summed E-state index contributed by atoms with van der Waals surface area (Å²) in [5.74, 6) is 0. The molecular weight excluding hydrogens is 677 g/mol. The van der Waals surface area contributed by atoms with E-state index in [4.69, 9.17) is 0 Å². The number of fused-ring (bicyclic) bond motifs is 3. The zero-order valence-electron chi connectivity index (χ0n) is 31.4. The van der Waals surface area contributed by atoms with Crippen molar-refractivity contribution in [3.05, 3.63) is 218 Å². The maximum atomic E-state index is 2.52. The molecular formula is C54H42N2. The first kappa shape index (κ1) is 33.7. The van der Waals surface area contributed by atoms with Gasteiger partial charge in [0.05, 0.1) is 5.52 Å². The molecule has 56 heavy (non-hydrogen) atoms. The minimum Gasteiger partial charge on any atom is -0.313 e. The van der Waals surface area contributed by atoms with Crippen LogP contribution in [-0.2, 0) is 12.8 Å². The van der Waals surface area contributed by atoms with Gasteiger partial charge < -0.3 is 9.47 Å². The maximum absolute atomic E-state index is 2.52. The van der Waals surface area contributed by atoms with E-state index in [1.54, 1.807) is 0 Å². The third-order valence-corrected chi connectivity index (χ3v) is 11.4. The van der Waals surface area contributed by atoms with Gasteiger partial charge in [0, 0.05) is 33.8 Å². The van der Waals surface area contributed by atoms with Crippen molar-refractivity contribution >= 4 is 28.0 Å². The Bertz CT molecular complexity index is 2710. The first-order chi connectivity index (χ1) is 27.8. The molecule has 2 nitrogen and oxygen atoms in total. The summed E-state index contributed by atoms with van der Waals surface area (Å²) in [5, 5.41) is 1.40. The lowest BCUT2D eigenvalue weighted by molar-refractivity contribution is 0.667. The monoisotopic (exact) mass is 718 g/mol. The number of benzene rings is 8. The topological polar surface area (TPSA) is 8.17 Å². The van der Waals surface area contributed by atoms with Gasteiger partial charge in [0.1, 0.15) is 0 Å². The van der Waals surface area contributed by atoms with Gasteiger partial charge in [-0.3, -0.25) is 0 Å². The van der Waals surface area contributed by atoms with Crippen LogP contribution < -0.4 is 4.90 Å². The van der Waals surface area contributed by atoms with Crippen LogP contribution in [0.2, 0.25) is 0 Å². The van der Waals surface area contributed by atoms with E-state index in [-0.39, 0.29) is 0 Å². The van der Waals surface area contributed by atoms with E-state index in [1.807, 2.05) is 0 Å². The minimum atomic E-state index is 1.11. The Morgan fingerprint density at radius 2 is 0.768 bits per heavy atom. The molecule has 268 valence electrons. The standard InChI is InChI=1S/C54H42N2/c1-5-17-39(18-6-1)49-38-52(42-31-35-46(36-32-42)56-53-27-15-13-25-47(53)48-26-14-16-28-54(48)56)50(40-19-7-2-8-20-40)37-51(49)41-29-33-45(34-30-41)55(43-21-9-3-10-22-43)44-23-11-4-12-24-44/h1-13,15,17-25,27,29-38H,14,16,26,28H2. The molecule has 10 rings (SSSR count). The van der Waals surface area contributed by atoms with Crippen LogP contribution in [0.5, 0.6) is 0 Å². The van der Waals surface area contributed by atoms with Crippen LogP contribution in [0.15, 0.2) is 206 Å². The molecule has 0 saturated carbocycles. The van der Waals surface area contributed by atoms with Crippen molar-refractivity contribution < 1.29 is 0 Å². The SMILES string of the molecule is c1ccc(-c2cc(-c3ccc(-n4c5c(c6ccccc64)CCCC5)cc3)c(-c3ccccc3)cc2-c2ccc(N(c3ccccc3)c3ccccc3)cc2)cc1. The number of aryl methyl sites for hydroxylation is 1. The van der Waals surface area contributed by atoms with E-state index in [0.29, 0.717) is 0 Å². The van der Waals surface area contributed by atoms with Crippen molar-refractivity contribution in [2.24, 2.45) is 0 Å². The van der Waals surface area contributed by atoms with E-state index >= 15 is 0 Å². The Balaban J connectivity index is 1.11. The summed E-state index contributed by atoms with van der Waals surface area (Å²) < 4.78 is 2.52. The predicted molar refractivity (Wildman–Crippen MR) is 236 cm³/mol. The average molecular weight is 719 g/mol. The molecule has 0 radical (unpaired) electrons. The lowest BCUT2D eigenvalue weighted by Gasteiger charge is -2.25. The van der Waals surface area contributed by atoms with Gasteiger partial charge in [0.25, 0.3) is 0 Å². The van der Waals surface area contributed by atoms with Gasteiger partial charge in [-0.15, -0.1) is 0 Å². The Hall–Kier alpha value is -6.90. The zero-order chi connectivity index (χ0) is 37.3. The maximum Gasteiger partial charge on any atom is 0.0534 e. The molecule has 0 fully saturated rings. The molecule has 0 spiro atoms. The molecule has 1 aliphatic rings. The molecule has 1 heterocycles. The second kappa shape index (κ2) is 14.7. The molecule has 8 aromatic carbocycles. The van der Waals surface area contributed by atoms with Gasteiger partial charge in [0.15, 0.2) is 0 Å². The van der Waals surface area contributed by atoms with E-state index in [1.165, 1.54) is 85.2 Å². The van der Waals surface area contributed by atoms with E-state index in [9.17, 15) is 0 Å². The molecule has 9 aromatic rings. The van der Waals surface area contributed by atoms with E-state index in [2.05, 4.69) is 216 Å². The Kier molecular flexibility index (Phi) is 8.85. The van der Waals surface area contributed by atoms with Crippen LogP contribution in [0.4, 0.5) is 17.1 Å². The van der Waals surface area contributed by atoms with Crippen LogP contribution in [-0.4, -0.2) is 4.57 Å². The van der Waals surface area contributed by atoms with E-state index < -0.39 is 0 Å². The third-order valence-electron chi connectivity index (χ3n) is 11.4. The molecule has 1 aliphatic carbocycles. The van der Waals surface area contributed by atoms with Gasteiger partial charge in [-0.2, -0.15) is 0 Å². The number of nitrogens with zero attached hydrogens (tertiary/aromatic N) is 2. The third kappa shape index (κ3) is 6.20. The Morgan fingerprint density at radius 1 is 0.357 bits per heavy atom. The summed E-state index contributed by atoms with van der Waals surface area (Å²) in [5.41, 5.74) is 18.6. The Labute approximate surface area is 329 Å². The van der Waals surface area contributed by atoms with Crippen LogP contribution >= 0.6 is 0 Å². The fourth-order valence-corrected chi connectivity index (χ4v) is 8.76. The molecule has 0 unspecified atom stereocenters. The highest BCUT2D eigenvalue weighted by Gasteiger charge is 2.22. The fourth-order valence-electron chi connectivity index (χ4n) is 8.76. The molecule has 0 amide bonds. The molecule has 0 N–H and O–H groups in total. The molecule has 0 bridgehead atoms. The smallest absolute Gasteiger partial charge is 0.0534 e. The molecule has 0 aliphatic heterocycles. The highest BCUT2D eigenvalue weighted by atomic mass is 15.1. The van der Waals surface area contributed by atoms with Crippen LogP contribution in [0, 0.1) is 0 Å². The fraction of sp³-hybridized carbons (Fsp3) is 0.0741. The lowest BCUT2D eigenvalue weighted by atomic mass is 9.85. The van der Waals surface area contributed by atoms with Gasteiger partial charge >= 0.3 is 0 Å². The number of aromatic nitrogens is 1. The Morgan fingerprint density at radius 3 is 1.30 bits per heavy atom. The van der Waals surface area contributed by atoms with Crippen molar-refractivity contribution in [3.8, 4) is 50.2 Å². The largest absolute Gasteiger partial charge is 0.313 e. The second-order valence-electron chi connectivity index (χ2n) is 14.8. The highest BCUT2D eigenvalue weighted by Crippen LogP contribution is 2.44. The summed E-state index contributed by atoms with van der Waals surface area (Å²) in [7, 11) is 0. The summed E-state index contributed by atoms with van der Waals surface area (Å²) >= 11 is 0. The van der Waals surface area contributed by atoms with Crippen molar-refractivity contribution in [1.82, 2.24) is 4.57 Å². The number of anilines is 3. The van der Waals surface area contributed by atoms with Crippen molar-refractivity contribution in [2.75, 3.05) is 4.90 Å². The molecule has 0 atom stereocenters. The lowest BCUT2D eigenvalue weighted by Crippen LogP contribution is -2.09. The molecule has 0 saturated heterocycles. The minimum absolute atomic E-state index is 1.11. The van der Waals surface area contributed by atoms with Gasteiger partial charge in [0.2, 0.25) is 0 Å². The van der Waals surface area contributed by atoms with Crippen molar-refractivity contribution in [1.29, 1.82) is 0 Å². The average Bonchev–Trinajstić information content (AvgIpc) is 3.62. The summed E-state index contributed by atoms with van der Waals surface area (Å²) in [6.07, 6.45) is 4.81. The summed E-state index contributed by atoms with van der Waals surface area (Å²) in [6.45, 7) is 0. The number of hydrogen-bond acceptors (Lipinski definition) is 1. The molecule has 1 aromatic heterocycles. The molecule has 2 heteroatoms. The quantitative estimate of drug-likeness (QED) is 0.152. The van der Waals surface area contributed by atoms with Gasteiger partial charge in [-0.25, -0.2) is 0 Å². The first-order valence-electron chi connectivity index (χ1n) is 19.8. The number of hydrogen-bond donors (Lipinski definition) is 0. The normalized spacial score (nSPS) is 12.4. The second-order valence-corrected chi connectivity index (χ2v) is 14.8. The highest BCUT2D eigenvalue weighted by molar-refractivity contribution is 5.96. The zero-order valence-corrected chi connectivity index (χ0v) is 31.4. The summed E-state index contributed by atoms with van der Waals surface area (Å²) in [6, 6.07) is 75.0. The van der Waals surface area contributed by atoms with Gasteiger partial charge in [-0.05, 0) is 142 Å². The van der Waals surface area contributed by atoms with Crippen LogP contribution in [0.3, 0.4) is 0 Å². The van der Waals surface area contributed by atoms with Gasteiger partial charge in [-0.1, -0.05) is 140 Å². The number of rotatable bonds is 8. The van der Waals surface area contributed by atoms with Crippen LogP contribution in [0.1, 0.15) is 24.1 Å². The van der Waals surface area contributed by atoms with Crippen molar-refractivity contribution in [2.45, 2.75) is 25.7 Å². The van der Waals surface area contributed by atoms with E-state index in [0.717, 1.165) is 29.9 Å².